The van der Waals surface area contributed by atoms with Gasteiger partial charge in [0.2, 0.25) is 0 Å². The number of rotatable bonds is 6. The third-order valence-corrected chi connectivity index (χ3v) is 6.68. The highest BCUT2D eigenvalue weighted by Crippen LogP contribution is 2.19. The molecule has 1 saturated heterocycles. The number of nitrogens with zero attached hydrogens (tertiary/aromatic N) is 3. The van der Waals surface area contributed by atoms with E-state index in [0.29, 0.717) is 50.5 Å². The van der Waals surface area contributed by atoms with Gasteiger partial charge in [-0.25, -0.2) is 13.2 Å². The molecule has 3 amide bonds. The third-order valence-electron chi connectivity index (χ3n) is 5.29. The van der Waals surface area contributed by atoms with Crippen molar-refractivity contribution < 1.29 is 18.0 Å². The smallest absolute Gasteiger partial charge is 0.320 e. The molecule has 0 aromatic heterocycles. The van der Waals surface area contributed by atoms with Gasteiger partial charge in [0, 0.05) is 50.5 Å². The minimum absolute atomic E-state index is 0.00517. The van der Waals surface area contributed by atoms with Gasteiger partial charge in [-0.15, -0.1) is 0 Å². The number of nitrogens with one attached hydrogen (secondary N) is 1. The Bertz CT molecular complexity index is 1010. The Morgan fingerprint density at radius 2 is 1.52 bits per heavy atom. The van der Waals surface area contributed by atoms with Gasteiger partial charge in [-0.1, -0.05) is 24.3 Å². The molecular formula is C22H28N4O4S. The Balaban J connectivity index is 1.65. The van der Waals surface area contributed by atoms with Crippen LogP contribution in [0.3, 0.4) is 0 Å². The van der Waals surface area contributed by atoms with Crippen LogP contribution in [0.4, 0.5) is 10.5 Å². The number of anilines is 1. The van der Waals surface area contributed by atoms with E-state index in [4.69, 9.17) is 0 Å². The largest absolute Gasteiger partial charge is 0.335 e. The maximum atomic E-state index is 12.9. The summed E-state index contributed by atoms with van der Waals surface area (Å²) in [6.07, 6.45) is 0. The number of benzene rings is 2. The van der Waals surface area contributed by atoms with Crippen molar-refractivity contribution in [2.24, 2.45) is 0 Å². The molecule has 0 radical (unpaired) electrons. The Morgan fingerprint density at radius 3 is 2.13 bits per heavy atom. The maximum absolute atomic E-state index is 12.9. The van der Waals surface area contributed by atoms with E-state index < -0.39 is 10.0 Å². The second-order valence-corrected chi connectivity index (χ2v) is 8.92. The fraction of sp³-hybridized carbons (Fsp3) is 0.364. The summed E-state index contributed by atoms with van der Waals surface area (Å²) in [5.74, 6) is -0.185. The number of hydrogen-bond acceptors (Lipinski definition) is 4. The lowest BCUT2D eigenvalue weighted by atomic mass is 10.1. The highest BCUT2D eigenvalue weighted by Gasteiger charge is 2.27. The number of piperazine rings is 1. The fourth-order valence-electron chi connectivity index (χ4n) is 3.51. The predicted molar refractivity (Wildman–Crippen MR) is 119 cm³/mol. The van der Waals surface area contributed by atoms with Crippen molar-refractivity contribution >= 4 is 27.6 Å². The van der Waals surface area contributed by atoms with E-state index in [1.54, 1.807) is 51.1 Å². The number of sulfonamides is 1. The van der Waals surface area contributed by atoms with Crippen molar-refractivity contribution in [1.29, 1.82) is 0 Å². The SMILES string of the molecule is CCN(CC)C(=O)N1CCN(C(=O)c2cccc(NS(=O)(=O)c3ccccc3)c2)CC1. The van der Waals surface area contributed by atoms with Crippen LogP contribution in [0.15, 0.2) is 59.5 Å². The lowest BCUT2D eigenvalue weighted by Gasteiger charge is -2.37. The van der Waals surface area contributed by atoms with Crippen LogP contribution in [0.1, 0.15) is 24.2 Å². The van der Waals surface area contributed by atoms with E-state index in [1.807, 2.05) is 13.8 Å². The molecule has 31 heavy (non-hydrogen) atoms. The molecule has 0 aliphatic carbocycles. The Hall–Kier alpha value is -3.07. The van der Waals surface area contributed by atoms with E-state index >= 15 is 0 Å². The number of hydrogen-bond donors (Lipinski definition) is 1. The van der Waals surface area contributed by atoms with Crippen LogP contribution in [-0.4, -0.2) is 74.3 Å². The molecule has 2 aromatic rings. The molecule has 8 nitrogen and oxygen atoms in total. The fourth-order valence-corrected chi connectivity index (χ4v) is 4.58. The minimum atomic E-state index is -3.73. The molecule has 0 bridgehead atoms. The summed E-state index contributed by atoms with van der Waals surface area (Å²) in [7, 11) is -3.73. The maximum Gasteiger partial charge on any atom is 0.320 e. The van der Waals surface area contributed by atoms with E-state index in [2.05, 4.69) is 4.72 Å². The quantitative estimate of drug-likeness (QED) is 0.742. The normalized spacial score (nSPS) is 14.3. The molecule has 3 rings (SSSR count). The molecule has 1 fully saturated rings. The van der Waals surface area contributed by atoms with Gasteiger partial charge in [0.05, 0.1) is 4.90 Å². The molecule has 1 aliphatic heterocycles. The molecule has 0 saturated carbocycles. The summed E-state index contributed by atoms with van der Waals surface area (Å²) in [5.41, 5.74) is 0.724. The van der Waals surface area contributed by atoms with Crippen LogP contribution in [0.5, 0.6) is 0 Å². The molecule has 0 unspecified atom stereocenters. The first kappa shape index (κ1) is 22.6. The number of carbonyl (C=O) groups excluding carboxylic acids is 2. The van der Waals surface area contributed by atoms with Gasteiger partial charge in [-0.2, -0.15) is 0 Å². The first-order valence-corrected chi connectivity index (χ1v) is 11.8. The molecule has 166 valence electrons. The summed E-state index contributed by atoms with van der Waals surface area (Å²) in [5, 5.41) is 0. The lowest BCUT2D eigenvalue weighted by molar-refractivity contribution is 0.0641. The van der Waals surface area contributed by atoms with Crippen LogP contribution in [0, 0.1) is 0 Å². The summed E-state index contributed by atoms with van der Waals surface area (Å²) in [6, 6.07) is 14.5. The zero-order valence-electron chi connectivity index (χ0n) is 17.8. The van der Waals surface area contributed by atoms with E-state index in [1.165, 1.54) is 18.2 Å². The van der Waals surface area contributed by atoms with Crippen molar-refractivity contribution in [1.82, 2.24) is 14.7 Å². The second-order valence-electron chi connectivity index (χ2n) is 7.23. The van der Waals surface area contributed by atoms with Crippen LogP contribution < -0.4 is 4.72 Å². The van der Waals surface area contributed by atoms with Gasteiger partial charge in [0.1, 0.15) is 0 Å². The predicted octanol–water partition coefficient (Wildman–Crippen LogP) is 2.71. The monoisotopic (exact) mass is 444 g/mol. The Labute approximate surface area is 183 Å². The van der Waals surface area contributed by atoms with Gasteiger partial charge in [0.15, 0.2) is 0 Å². The molecule has 0 atom stereocenters. The molecular weight excluding hydrogens is 416 g/mol. The lowest BCUT2D eigenvalue weighted by Crippen LogP contribution is -2.54. The van der Waals surface area contributed by atoms with Crippen molar-refractivity contribution in [3.63, 3.8) is 0 Å². The molecule has 0 spiro atoms. The molecule has 1 heterocycles. The summed E-state index contributed by atoms with van der Waals surface area (Å²) in [4.78, 5) is 30.8. The average molecular weight is 445 g/mol. The summed E-state index contributed by atoms with van der Waals surface area (Å²) < 4.78 is 27.6. The van der Waals surface area contributed by atoms with Crippen LogP contribution >= 0.6 is 0 Å². The summed E-state index contributed by atoms with van der Waals surface area (Å²) in [6.45, 7) is 7.02. The van der Waals surface area contributed by atoms with Crippen LogP contribution in [0.25, 0.3) is 0 Å². The molecule has 1 N–H and O–H groups in total. The van der Waals surface area contributed by atoms with E-state index in [0.717, 1.165) is 0 Å². The van der Waals surface area contributed by atoms with Crippen LogP contribution in [0.2, 0.25) is 0 Å². The highest BCUT2D eigenvalue weighted by molar-refractivity contribution is 7.92. The first-order chi connectivity index (χ1) is 14.9. The van der Waals surface area contributed by atoms with Crippen molar-refractivity contribution in [3.8, 4) is 0 Å². The zero-order chi connectivity index (χ0) is 22.4. The molecule has 2 aromatic carbocycles. The van der Waals surface area contributed by atoms with Crippen molar-refractivity contribution in [2.75, 3.05) is 44.0 Å². The Morgan fingerprint density at radius 1 is 0.903 bits per heavy atom. The number of carbonyl (C=O) groups is 2. The zero-order valence-corrected chi connectivity index (χ0v) is 18.6. The van der Waals surface area contributed by atoms with E-state index in [-0.39, 0.29) is 16.8 Å². The Kier molecular flexibility index (Phi) is 7.17. The van der Waals surface area contributed by atoms with Gasteiger partial charge < -0.3 is 14.7 Å². The second kappa shape index (κ2) is 9.82. The third kappa shape index (κ3) is 5.35. The van der Waals surface area contributed by atoms with Gasteiger partial charge >= 0.3 is 6.03 Å². The minimum Gasteiger partial charge on any atom is -0.335 e. The van der Waals surface area contributed by atoms with Gasteiger partial charge in [0.25, 0.3) is 15.9 Å². The first-order valence-electron chi connectivity index (χ1n) is 10.4. The van der Waals surface area contributed by atoms with Gasteiger partial charge in [-0.3, -0.25) is 9.52 Å². The summed E-state index contributed by atoms with van der Waals surface area (Å²) >= 11 is 0. The van der Waals surface area contributed by atoms with Gasteiger partial charge in [-0.05, 0) is 44.2 Å². The topological polar surface area (TPSA) is 90.0 Å². The molecule has 9 heteroatoms. The van der Waals surface area contributed by atoms with Crippen molar-refractivity contribution in [2.45, 2.75) is 18.7 Å². The number of urea groups is 1. The standard InChI is InChI=1S/C22H28N4O4S/c1-3-24(4-2)22(28)26-15-13-25(14-16-26)21(27)18-9-8-10-19(17-18)23-31(29,30)20-11-6-5-7-12-20/h5-12,17,23H,3-4,13-16H2,1-2H3. The van der Waals surface area contributed by atoms with E-state index in [9.17, 15) is 18.0 Å². The molecule has 1 aliphatic rings. The van der Waals surface area contributed by atoms with Crippen LogP contribution in [-0.2, 0) is 10.0 Å². The highest BCUT2D eigenvalue weighted by atomic mass is 32.2. The average Bonchev–Trinajstić information content (AvgIpc) is 2.80. The van der Waals surface area contributed by atoms with Crippen molar-refractivity contribution in [3.05, 3.63) is 60.2 Å². The number of amides is 3.